The van der Waals surface area contributed by atoms with E-state index in [0.29, 0.717) is 0 Å². The number of aromatic nitrogens is 4. The fraction of sp³-hybridized carbons (Fsp3) is 0.545. The van der Waals surface area contributed by atoms with E-state index in [0.717, 1.165) is 35.4 Å². The van der Waals surface area contributed by atoms with Crippen LogP contribution in [0, 0.1) is 22.7 Å². The zero-order chi connectivity index (χ0) is 32.2. The fourth-order valence-electron chi connectivity index (χ4n) is 4.99. The van der Waals surface area contributed by atoms with Gasteiger partial charge in [0.05, 0.1) is 13.2 Å². The summed E-state index contributed by atoms with van der Waals surface area (Å²) in [5, 5.41) is 59.2. The minimum absolute atomic E-state index is 0.0590. The lowest BCUT2D eigenvalue weighted by Gasteiger charge is -2.36. The van der Waals surface area contributed by atoms with Crippen molar-refractivity contribution in [2.75, 3.05) is 24.7 Å². The van der Waals surface area contributed by atoms with E-state index in [2.05, 4.69) is 14.5 Å². The van der Waals surface area contributed by atoms with Crippen molar-refractivity contribution in [1.82, 2.24) is 19.1 Å². The monoisotopic (exact) mass is 626 g/mol. The summed E-state index contributed by atoms with van der Waals surface area (Å²) in [7, 11) is -4.39. The molecule has 2 aromatic heterocycles. The van der Waals surface area contributed by atoms with Crippen LogP contribution in [0.25, 0.3) is 0 Å². The van der Waals surface area contributed by atoms with Gasteiger partial charge in [-0.2, -0.15) is 20.5 Å². The van der Waals surface area contributed by atoms with E-state index in [1.807, 2.05) is 0 Å². The van der Waals surface area contributed by atoms with Crippen LogP contribution in [-0.2, 0) is 34.5 Å². The zero-order valence-corrected chi connectivity index (χ0v) is 23.3. The first kappa shape index (κ1) is 32.1. The van der Waals surface area contributed by atoms with Gasteiger partial charge in [0.15, 0.2) is 11.2 Å². The summed E-state index contributed by atoms with van der Waals surface area (Å²) in [6, 6.07) is 5.90. The normalized spacial score (nSPS) is 40.0. The molecule has 0 aliphatic carbocycles. The average molecular weight is 626 g/mol. The summed E-state index contributed by atoms with van der Waals surface area (Å²) in [6.07, 6.45) is -2.90. The number of rotatable bonds is 3. The number of ether oxygens (including phenoxy) is 2. The Hall–Kier alpha value is -3.79. The van der Waals surface area contributed by atoms with Gasteiger partial charge in [-0.3, -0.25) is 18.2 Å². The van der Waals surface area contributed by atoms with Crippen molar-refractivity contribution in [3.8, 4) is 12.1 Å². The molecular weight excluding hydrogens is 599 g/mol. The number of hydrogen-bond acceptors (Lipinski definition) is 17. The number of nitrogen functional groups attached to an aromatic ring is 2. The summed E-state index contributed by atoms with van der Waals surface area (Å²) in [6.45, 7) is 1.28. The Morgan fingerprint density at radius 2 is 1.51 bits per heavy atom. The van der Waals surface area contributed by atoms with Crippen molar-refractivity contribution in [2.45, 2.75) is 60.9 Å². The predicted molar refractivity (Wildman–Crippen MR) is 138 cm³/mol. The maximum atomic E-state index is 12.1. The van der Waals surface area contributed by atoms with Crippen LogP contribution < -0.4 is 22.8 Å². The summed E-state index contributed by atoms with van der Waals surface area (Å²) in [4.78, 5) is 40.3. The van der Waals surface area contributed by atoms with Crippen LogP contribution in [0.4, 0.5) is 11.6 Å². The Morgan fingerprint density at radius 1 is 1.02 bits per heavy atom. The minimum Gasteiger partial charge on any atom is -0.394 e. The maximum Gasteiger partial charge on any atom is 0.472 e. The highest BCUT2D eigenvalue weighted by Gasteiger charge is 2.69. The molecule has 0 spiro atoms. The van der Waals surface area contributed by atoms with Gasteiger partial charge in [-0.25, -0.2) is 14.2 Å². The third-order valence-corrected chi connectivity index (χ3v) is 8.27. The van der Waals surface area contributed by atoms with Crippen LogP contribution in [0.3, 0.4) is 0 Å². The third-order valence-electron chi connectivity index (χ3n) is 7.30. The first-order valence-electron chi connectivity index (χ1n) is 12.2. The van der Waals surface area contributed by atoms with Gasteiger partial charge in [0.1, 0.15) is 48.2 Å². The van der Waals surface area contributed by atoms with Gasteiger partial charge in [0.2, 0.25) is 0 Å². The molecule has 232 valence electrons. The molecule has 3 aliphatic heterocycles. The van der Waals surface area contributed by atoms with Crippen molar-refractivity contribution in [3.05, 3.63) is 45.5 Å². The molecule has 20 nitrogen and oxygen atoms in total. The van der Waals surface area contributed by atoms with E-state index in [-0.39, 0.29) is 11.6 Å². The summed E-state index contributed by atoms with van der Waals surface area (Å²) in [5.74, 6) is -0.134. The van der Waals surface area contributed by atoms with Gasteiger partial charge in [-0.05, 0) is 26.0 Å². The standard InChI is InChI=1S/C11H13N4O7P.C11H14N4O5/c1-10(17)8-6(4-20-23(18,19)22-8)21-11(10,5-12)15-3-2-7(13)14-9(15)16;1-10(19)8(17)6(4-16)20-11(10,5-12)15-3-2-7(13)14-9(15)18/h2-3,6,8,17H,4H2,1H3,(H,18,19)(H2,13,14,16);2-3,6,8,16-17,19H,4H2,1H3,(H2,13,14,18)/t2*6-,8-,10-,11-/m11/s1. The van der Waals surface area contributed by atoms with E-state index in [9.17, 15) is 44.9 Å². The molecule has 0 amide bonds. The number of aliphatic hydroxyl groups excluding tert-OH is 2. The number of hydrogen-bond donors (Lipinski definition) is 7. The summed E-state index contributed by atoms with van der Waals surface area (Å²) >= 11 is 0. The lowest BCUT2D eigenvalue weighted by molar-refractivity contribution is -0.152. The SMILES string of the molecule is C[C@@]1(O)[C@@H]2OP(=O)(O)OC[C@H]2O[C@@]1(C#N)n1ccc(N)nc1=O.C[C@@]1(O)[C@H](O)[C@@H](CO)O[C@@]1(C#N)n1ccc(N)nc1=O. The van der Waals surface area contributed by atoms with Crippen molar-refractivity contribution < 1.29 is 48.4 Å². The number of phosphoric ester groups is 1. The first-order valence-corrected chi connectivity index (χ1v) is 13.7. The number of anilines is 2. The zero-order valence-electron chi connectivity index (χ0n) is 22.4. The Bertz CT molecular complexity index is 1670. The molecule has 21 heteroatoms. The van der Waals surface area contributed by atoms with Crippen LogP contribution in [0.5, 0.6) is 0 Å². The Labute approximate surface area is 241 Å². The first-order chi connectivity index (χ1) is 19.9. The van der Waals surface area contributed by atoms with E-state index < -0.39 is 79.5 Å². The fourth-order valence-corrected chi connectivity index (χ4v) is 6.01. The quantitative estimate of drug-likeness (QED) is 0.160. The topological polar surface area (TPSA) is 325 Å². The minimum atomic E-state index is -4.39. The van der Waals surface area contributed by atoms with Gasteiger partial charge < -0.3 is 46.3 Å². The van der Waals surface area contributed by atoms with Gasteiger partial charge in [0, 0.05) is 12.4 Å². The molecule has 9 N–H and O–H groups in total. The third kappa shape index (κ3) is 4.89. The lowest BCUT2D eigenvalue weighted by Crippen LogP contribution is -2.58. The molecule has 0 aromatic carbocycles. The van der Waals surface area contributed by atoms with Gasteiger partial charge in [-0.1, -0.05) is 0 Å². The van der Waals surface area contributed by atoms with Crippen LogP contribution in [0.15, 0.2) is 34.1 Å². The summed E-state index contributed by atoms with van der Waals surface area (Å²) in [5.41, 5.74) is 0.204. The van der Waals surface area contributed by atoms with E-state index in [4.69, 9.17) is 30.6 Å². The largest absolute Gasteiger partial charge is 0.472 e. The number of nitrogens with two attached hydrogens (primary N) is 2. The second-order valence-corrected chi connectivity index (χ2v) is 11.5. The Balaban J connectivity index is 0.000000199. The Kier molecular flexibility index (Phi) is 8.02. The molecule has 0 bridgehead atoms. The highest BCUT2D eigenvalue weighted by molar-refractivity contribution is 7.47. The number of nitrogens with zero attached hydrogens (tertiary/aromatic N) is 6. The molecule has 2 aromatic rings. The van der Waals surface area contributed by atoms with E-state index >= 15 is 0 Å². The molecule has 0 radical (unpaired) electrons. The van der Waals surface area contributed by atoms with E-state index in [1.165, 1.54) is 12.1 Å². The molecule has 9 atom stereocenters. The molecule has 3 fully saturated rings. The number of phosphoric acid groups is 1. The van der Waals surface area contributed by atoms with Crippen LogP contribution in [-0.4, -0.2) is 93.3 Å². The van der Waals surface area contributed by atoms with E-state index in [1.54, 1.807) is 12.1 Å². The highest BCUT2D eigenvalue weighted by atomic mass is 31.2. The molecule has 5 heterocycles. The van der Waals surface area contributed by atoms with Gasteiger partial charge in [0.25, 0.3) is 11.4 Å². The second kappa shape index (κ2) is 10.7. The molecule has 0 saturated carbocycles. The molecule has 5 rings (SSSR count). The Morgan fingerprint density at radius 3 is 1.93 bits per heavy atom. The van der Waals surface area contributed by atoms with Crippen LogP contribution in [0.2, 0.25) is 0 Å². The summed E-state index contributed by atoms with van der Waals surface area (Å²) < 4.78 is 33.3. The average Bonchev–Trinajstić information content (AvgIpc) is 3.27. The number of nitriles is 2. The van der Waals surface area contributed by atoms with Crippen molar-refractivity contribution in [1.29, 1.82) is 10.5 Å². The van der Waals surface area contributed by atoms with Gasteiger partial charge >= 0.3 is 19.2 Å². The molecule has 43 heavy (non-hydrogen) atoms. The second-order valence-electron chi connectivity index (χ2n) is 10.0. The molecule has 1 unspecified atom stereocenters. The molecule has 3 saturated heterocycles. The molecule has 3 aliphatic rings. The predicted octanol–water partition coefficient (Wildman–Crippen LogP) is -3.83. The number of fused-ring (bicyclic) bond motifs is 1. The smallest absolute Gasteiger partial charge is 0.394 e. The number of aliphatic hydroxyl groups is 4. The van der Waals surface area contributed by atoms with Crippen molar-refractivity contribution >= 4 is 19.5 Å². The van der Waals surface area contributed by atoms with Crippen molar-refractivity contribution in [3.63, 3.8) is 0 Å². The maximum absolute atomic E-state index is 12.1. The van der Waals surface area contributed by atoms with Crippen LogP contribution in [0.1, 0.15) is 13.8 Å². The van der Waals surface area contributed by atoms with Gasteiger partial charge in [-0.15, -0.1) is 0 Å². The lowest BCUT2D eigenvalue weighted by atomic mass is 9.88. The van der Waals surface area contributed by atoms with Crippen molar-refractivity contribution in [2.24, 2.45) is 0 Å². The highest BCUT2D eigenvalue weighted by Crippen LogP contribution is 2.56. The molecular formula is C22H27N8O12P. The van der Waals surface area contributed by atoms with Crippen LogP contribution >= 0.6 is 7.82 Å².